The lowest BCUT2D eigenvalue weighted by Crippen LogP contribution is -1.89. The molecule has 0 atom stereocenters. The van der Waals surface area contributed by atoms with Gasteiger partial charge in [-0.25, -0.2) is 0 Å². The molecular weight excluding hydrogens is 220 g/mol. The zero-order chi connectivity index (χ0) is 11.4. The molecule has 0 unspecified atom stereocenters. The van der Waals surface area contributed by atoms with Crippen molar-refractivity contribution in [1.29, 1.82) is 5.26 Å². The van der Waals surface area contributed by atoms with Crippen LogP contribution in [-0.2, 0) is 5.75 Å². The second kappa shape index (κ2) is 4.77. The van der Waals surface area contributed by atoms with E-state index in [1.807, 2.05) is 12.1 Å². The zero-order valence-corrected chi connectivity index (χ0v) is 9.33. The minimum atomic E-state index is 0.621. The highest BCUT2D eigenvalue weighted by Gasteiger charge is 2.03. The third-order valence-electron chi connectivity index (χ3n) is 2.09. The maximum atomic E-state index is 8.79. The van der Waals surface area contributed by atoms with Crippen LogP contribution in [0.1, 0.15) is 11.3 Å². The van der Waals surface area contributed by atoms with Crippen LogP contribution in [0.4, 0.5) is 5.69 Å². The molecule has 2 aromatic rings. The lowest BCUT2D eigenvalue weighted by molar-refractivity contribution is 0.530. The van der Waals surface area contributed by atoms with Gasteiger partial charge in [-0.3, -0.25) is 0 Å². The summed E-state index contributed by atoms with van der Waals surface area (Å²) in [6.45, 7) is 0. The molecule has 1 aromatic heterocycles. The van der Waals surface area contributed by atoms with Gasteiger partial charge in [0, 0.05) is 10.6 Å². The number of furan rings is 1. The maximum absolute atomic E-state index is 8.79. The number of hydrogen-bond donors (Lipinski definition) is 1. The molecule has 16 heavy (non-hydrogen) atoms. The van der Waals surface area contributed by atoms with Crippen molar-refractivity contribution >= 4 is 17.4 Å². The first-order chi connectivity index (χ1) is 7.79. The Hall–Kier alpha value is -1.86. The lowest BCUT2D eigenvalue weighted by atomic mass is 10.2. The Balaban J connectivity index is 2.12. The lowest BCUT2D eigenvalue weighted by Gasteiger charge is -2.04. The summed E-state index contributed by atoms with van der Waals surface area (Å²) >= 11 is 1.56. The molecule has 0 spiro atoms. The average Bonchev–Trinajstić information content (AvgIpc) is 2.81. The van der Waals surface area contributed by atoms with Gasteiger partial charge in [-0.2, -0.15) is 5.26 Å². The van der Waals surface area contributed by atoms with Crippen LogP contribution in [-0.4, -0.2) is 0 Å². The molecule has 0 aliphatic carbocycles. The first kappa shape index (κ1) is 10.7. The third kappa shape index (κ3) is 2.38. The minimum absolute atomic E-state index is 0.621. The van der Waals surface area contributed by atoms with Crippen molar-refractivity contribution in [1.82, 2.24) is 0 Å². The van der Waals surface area contributed by atoms with Gasteiger partial charge in [-0.05, 0) is 30.3 Å². The SMILES string of the molecule is N#Cc1ccc(N)c(SCc2ccco2)c1. The number of nitriles is 1. The topological polar surface area (TPSA) is 63.0 Å². The molecule has 1 heterocycles. The van der Waals surface area contributed by atoms with Crippen molar-refractivity contribution in [3.05, 3.63) is 47.9 Å². The molecular formula is C12H10N2OS. The van der Waals surface area contributed by atoms with Crippen LogP contribution < -0.4 is 5.73 Å². The summed E-state index contributed by atoms with van der Waals surface area (Å²) in [6, 6.07) is 11.1. The first-order valence-electron chi connectivity index (χ1n) is 4.74. The maximum Gasteiger partial charge on any atom is 0.113 e. The molecule has 0 saturated carbocycles. The summed E-state index contributed by atoms with van der Waals surface area (Å²) < 4.78 is 5.23. The summed E-state index contributed by atoms with van der Waals surface area (Å²) in [5.74, 6) is 1.61. The molecule has 4 heteroatoms. The fourth-order valence-corrected chi connectivity index (χ4v) is 2.18. The molecule has 1 aromatic carbocycles. The Labute approximate surface area is 97.9 Å². The molecule has 0 aliphatic rings. The second-order valence-corrected chi connectivity index (χ2v) is 4.25. The summed E-state index contributed by atoms with van der Waals surface area (Å²) in [6.07, 6.45) is 1.64. The van der Waals surface area contributed by atoms with E-state index >= 15 is 0 Å². The number of benzene rings is 1. The highest BCUT2D eigenvalue weighted by atomic mass is 32.2. The molecule has 2 rings (SSSR count). The fourth-order valence-electron chi connectivity index (χ4n) is 1.27. The number of nitrogens with two attached hydrogens (primary N) is 1. The summed E-state index contributed by atoms with van der Waals surface area (Å²) in [5, 5.41) is 8.79. The summed E-state index contributed by atoms with van der Waals surface area (Å²) in [4.78, 5) is 0.912. The normalized spacial score (nSPS) is 9.94. The number of nitrogens with zero attached hydrogens (tertiary/aromatic N) is 1. The van der Waals surface area contributed by atoms with Crippen molar-refractivity contribution < 1.29 is 4.42 Å². The van der Waals surface area contributed by atoms with Crippen LogP contribution in [0.25, 0.3) is 0 Å². The molecule has 0 bridgehead atoms. The summed E-state index contributed by atoms with van der Waals surface area (Å²) in [7, 11) is 0. The van der Waals surface area contributed by atoms with Crippen molar-refractivity contribution in [2.24, 2.45) is 0 Å². The van der Waals surface area contributed by atoms with E-state index < -0.39 is 0 Å². The molecule has 0 radical (unpaired) electrons. The van der Waals surface area contributed by atoms with E-state index in [9.17, 15) is 0 Å². The van der Waals surface area contributed by atoms with E-state index in [-0.39, 0.29) is 0 Å². The standard InChI is InChI=1S/C12H10N2OS/c13-7-9-3-4-11(14)12(6-9)16-8-10-2-1-5-15-10/h1-6H,8,14H2. The van der Waals surface area contributed by atoms with Crippen LogP contribution in [0.15, 0.2) is 45.9 Å². The molecule has 0 fully saturated rings. The van der Waals surface area contributed by atoms with Gasteiger partial charge in [0.05, 0.1) is 23.6 Å². The highest BCUT2D eigenvalue weighted by Crippen LogP contribution is 2.28. The van der Waals surface area contributed by atoms with Gasteiger partial charge in [-0.1, -0.05) is 0 Å². The number of hydrogen-bond acceptors (Lipinski definition) is 4. The minimum Gasteiger partial charge on any atom is -0.468 e. The van der Waals surface area contributed by atoms with Crippen LogP contribution in [0.3, 0.4) is 0 Å². The monoisotopic (exact) mass is 230 g/mol. The van der Waals surface area contributed by atoms with E-state index in [1.54, 1.807) is 36.2 Å². The van der Waals surface area contributed by atoms with Gasteiger partial charge in [0.1, 0.15) is 5.76 Å². The van der Waals surface area contributed by atoms with Crippen molar-refractivity contribution in [2.45, 2.75) is 10.6 Å². The van der Waals surface area contributed by atoms with Gasteiger partial charge < -0.3 is 10.2 Å². The van der Waals surface area contributed by atoms with E-state index in [0.29, 0.717) is 17.0 Å². The number of anilines is 1. The van der Waals surface area contributed by atoms with Crippen molar-refractivity contribution in [3.8, 4) is 6.07 Å². The van der Waals surface area contributed by atoms with Crippen LogP contribution in [0.2, 0.25) is 0 Å². The molecule has 0 amide bonds. The third-order valence-corrected chi connectivity index (χ3v) is 3.19. The highest BCUT2D eigenvalue weighted by molar-refractivity contribution is 7.98. The van der Waals surface area contributed by atoms with Gasteiger partial charge in [0.25, 0.3) is 0 Å². The number of thioether (sulfide) groups is 1. The molecule has 80 valence electrons. The Kier molecular flexibility index (Phi) is 3.18. The van der Waals surface area contributed by atoms with E-state index in [2.05, 4.69) is 6.07 Å². The van der Waals surface area contributed by atoms with Crippen LogP contribution in [0.5, 0.6) is 0 Å². The zero-order valence-electron chi connectivity index (χ0n) is 8.51. The van der Waals surface area contributed by atoms with Gasteiger partial charge in [-0.15, -0.1) is 11.8 Å². The number of rotatable bonds is 3. The Morgan fingerprint density at radius 3 is 2.94 bits per heavy atom. The van der Waals surface area contributed by atoms with Gasteiger partial charge in [0.2, 0.25) is 0 Å². The average molecular weight is 230 g/mol. The van der Waals surface area contributed by atoms with E-state index in [4.69, 9.17) is 15.4 Å². The van der Waals surface area contributed by atoms with Gasteiger partial charge in [0.15, 0.2) is 0 Å². The fraction of sp³-hybridized carbons (Fsp3) is 0.0833. The van der Waals surface area contributed by atoms with Crippen molar-refractivity contribution in [2.75, 3.05) is 5.73 Å². The molecule has 0 saturated heterocycles. The number of nitrogen functional groups attached to an aromatic ring is 1. The molecule has 3 nitrogen and oxygen atoms in total. The van der Waals surface area contributed by atoms with Gasteiger partial charge >= 0.3 is 0 Å². The van der Waals surface area contributed by atoms with Crippen LogP contribution >= 0.6 is 11.8 Å². The first-order valence-corrected chi connectivity index (χ1v) is 5.73. The Morgan fingerprint density at radius 1 is 1.38 bits per heavy atom. The predicted octanol–water partition coefficient (Wildman–Crippen LogP) is 3.03. The quantitative estimate of drug-likeness (QED) is 0.650. The predicted molar refractivity (Wildman–Crippen MR) is 63.8 cm³/mol. The second-order valence-electron chi connectivity index (χ2n) is 3.23. The van der Waals surface area contributed by atoms with E-state index in [1.165, 1.54) is 0 Å². The Morgan fingerprint density at radius 2 is 2.25 bits per heavy atom. The largest absolute Gasteiger partial charge is 0.468 e. The summed E-state index contributed by atoms with van der Waals surface area (Å²) in [5.41, 5.74) is 7.13. The van der Waals surface area contributed by atoms with E-state index in [0.717, 1.165) is 10.7 Å². The smallest absolute Gasteiger partial charge is 0.113 e. The van der Waals surface area contributed by atoms with Crippen molar-refractivity contribution in [3.63, 3.8) is 0 Å². The van der Waals surface area contributed by atoms with Crippen LogP contribution in [0, 0.1) is 11.3 Å². The Bertz CT molecular complexity index is 514. The molecule has 2 N–H and O–H groups in total. The molecule has 0 aliphatic heterocycles.